The molecule has 76 heavy (non-hydrogen) atoms. The second-order valence-electron chi connectivity index (χ2n) is 17.6. The molecule has 360 valence electrons. The summed E-state index contributed by atoms with van der Waals surface area (Å²) in [5, 5.41) is 6.58. The summed E-state index contributed by atoms with van der Waals surface area (Å²) in [5.74, 6) is 0. The smallest absolute Gasteiger partial charge is 0.501 e. The van der Waals surface area contributed by atoms with E-state index >= 15 is 0 Å². The van der Waals surface area contributed by atoms with Gasteiger partial charge in [0, 0.05) is 71.9 Å². The fourth-order valence-electron chi connectivity index (χ4n) is 9.52. The van der Waals surface area contributed by atoms with Gasteiger partial charge in [0.1, 0.15) is 16.7 Å². The average Bonchev–Trinajstić information content (AvgIpc) is 4.22. The Bertz CT molecular complexity index is 4040. The predicted molar refractivity (Wildman–Crippen MR) is 297 cm³/mol. The van der Waals surface area contributed by atoms with Gasteiger partial charge in [-0.05, 0) is 123 Å². The third kappa shape index (κ3) is 9.20. The van der Waals surface area contributed by atoms with Gasteiger partial charge < -0.3 is 28.2 Å². The molecule has 15 rings (SSSR count). The molecule has 0 aliphatic rings. The fourth-order valence-corrected chi connectivity index (χ4v) is 9.52. The molecular weight excluding hydrogens is 1120 g/mol. The molecule has 15 aromatic rings. The van der Waals surface area contributed by atoms with Crippen LogP contribution in [-0.4, -0.2) is 29.9 Å². The van der Waals surface area contributed by atoms with Crippen molar-refractivity contribution in [2.24, 2.45) is 0 Å². The number of nitrogens with zero attached hydrogens (tertiary/aromatic N) is 6. The second kappa shape index (κ2) is 21.0. The minimum absolute atomic E-state index is 0. The molecule has 0 fully saturated rings. The van der Waals surface area contributed by atoms with Crippen molar-refractivity contribution in [3.05, 3.63) is 256 Å². The number of aromatic nitrogens is 6. The van der Waals surface area contributed by atoms with E-state index in [1.807, 2.05) is 164 Å². The van der Waals surface area contributed by atoms with Crippen LogP contribution in [0.25, 0.3) is 133 Å². The van der Waals surface area contributed by atoms with Crippen LogP contribution >= 0.6 is 0 Å². The molecule has 9 aromatic heterocycles. The fraction of sp³-hybridized carbons (Fsp3) is 0. The molecule has 9 nitrogen and oxygen atoms in total. The molecule has 0 amide bonds. The van der Waals surface area contributed by atoms with Gasteiger partial charge in [0.05, 0.1) is 16.7 Å². The van der Waals surface area contributed by atoms with Crippen LogP contribution in [0.1, 0.15) is 0 Å². The monoisotopic (exact) mass is 1160 g/mol. The molecule has 0 N–H and O–H groups in total. The Hall–Kier alpha value is -9.73. The number of fused-ring (bicyclic) bond motifs is 9. The third-order valence-corrected chi connectivity index (χ3v) is 13.1. The minimum Gasteiger partial charge on any atom is -0.501 e. The number of rotatable bonds is 6. The molecule has 0 bridgehead atoms. The van der Waals surface area contributed by atoms with Crippen LogP contribution in [0.4, 0.5) is 0 Å². The molecule has 0 saturated heterocycles. The van der Waals surface area contributed by atoms with Gasteiger partial charge in [-0.1, -0.05) is 106 Å². The molecule has 0 radical (unpaired) electrons. The van der Waals surface area contributed by atoms with Gasteiger partial charge >= 0.3 is 20.1 Å². The van der Waals surface area contributed by atoms with Gasteiger partial charge in [-0.3, -0.25) is 15.0 Å². The van der Waals surface area contributed by atoms with E-state index in [2.05, 4.69) is 84.5 Å². The summed E-state index contributed by atoms with van der Waals surface area (Å²) in [6, 6.07) is 70.1. The summed E-state index contributed by atoms with van der Waals surface area (Å²) < 4.78 is 18.3. The zero-order valence-corrected chi connectivity index (χ0v) is 42.7. The van der Waals surface area contributed by atoms with Gasteiger partial charge in [-0.15, -0.1) is 54.6 Å². The van der Waals surface area contributed by atoms with Crippen molar-refractivity contribution in [1.29, 1.82) is 0 Å². The van der Waals surface area contributed by atoms with Crippen LogP contribution < -0.4 is 0 Å². The van der Waals surface area contributed by atoms with Gasteiger partial charge in [0.2, 0.25) is 0 Å². The molecule has 0 unspecified atom stereocenters. The summed E-state index contributed by atoms with van der Waals surface area (Å²) in [6.07, 6.45) is 16.2. The standard InChI is InChI=1S/3C22H13N2O.Ir/c3*1-2-7-21-17(4-1)18-5-3-6-19(22(18)25-21)20-14-16(10-13-24-20)15-8-11-23-12-9-15;/h3*1-5,7-14H;/q3*-1;+3. The number of furan rings is 3. The maximum absolute atomic E-state index is 6.10. The second-order valence-corrected chi connectivity index (χ2v) is 17.6. The number of benzene rings is 6. The Kier molecular flexibility index (Phi) is 13.1. The van der Waals surface area contributed by atoms with Crippen molar-refractivity contribution in [3.63, 3.8) is 0 Å². The van der Waals surface area contributed by atoms with Gasteiger partial charge in [0.15, 0.2) is 0 Å². The van der Waals surface area contributed by atoms with Gasteiger partial charge in [-0.2, -0.15) is 0 Å². The predicted octanol–water partition coefficient (Wildman–Crippen LogP) is 16.5. The number of pyridine rings is 6. The van der Waals surface area contributed by atoms with Gasteiger partial charge in [0.25, 0.3) is 0 Å². The maximum atomic E-state index is 6.10. The van der Waals surface area contributed by atoms with Crippen molar-refractivity contribution in [2.75, 3.05) is 0 Å². The number of hydrogen-bond acceptors (Lipinski definition) is 9. The van der Waals surface area contributed by atoms with E-state index in [0.29, 0.717) is 0 Å². The zero-order chi connectivity index (χ0) is 49.9. The Balaban J connectivity index is 0.000000114. The van der Waals surface area contributed by atoms with Crippen LogP contribution in [0.3, 0.4) is 0 Å². The Labute approximate surface area is 449 Å². The maximum Gasteiger partial charge on any atom is 3.00 e. The quantitative estimate of drug-likeness (QED) is 0.150. The van der Waals surface area contributed by atoms with Crippen LogP contribution in [0.2, 0.25) is 0 Å². The summed E-state index contributed by atoms with van der Waals surface area (Å²) in [5.41, 5.74) is 16.9. The first-order valence-corrected chi connectivity index (χ1v) is 24.3. The van der Waals surface area contributed by atoms with Gasteiger partial charge in [-0.25, -0.2) is 0 Å². The Morgan fingerprint density at radius 3 is 0.855 bits per heavy atom. The van der Waals surface area contributed by atoms with Crippen molar-refractivity contribution >= 4 is 65.8 Å². The summed E-state index contributed by atoms with van der Waals surface area (Å²) in [4.78, 5) is 25.9. The van der Waals surface area contributed by atoms with E-state index in [1.165, 1.54) is 0 Å². The van der Waals surface area contributed by atoms with Crippen LogP contribution in [0, 0.1) is 18.2 Å². The largest absolute Gasteiger partial charge is 3.00 e. The first-order valence-electron chi connectivity index (χ1n) is 24.3. The molecule has 10 heteroatoms. The van der Waals surface area contributed by atoms with Crippen molar-refractivity contribution in [2.45, 2.75) is 0 Å². The third-order valence-electron chi connectivity index (χ3n) is 13.1. The average molecular weight is 1160 g/mol. The topological polar surface area (TPSA) is 117 Å². The molecule has 0 aliphatic carbocycles. The summed E-state index contributed by atoms with van der Waals surface area (Å²) in [6.45, 7) is 0. The zero-order valence-electron chi connectivity index (χ0n) is 40.3. The number of para-hydroxylation sites is 3. The van der Waals surface area contributed by atoms with E-state index < -0.39 is 0 Å². The molecule has 0 atom stereocenters. The van der Waals surface area contributed by atoms with E-state index in [1.54, 1.807) is 37.2 Å². The van der Waals surface area contributed by atoms with Crippen LogP contribution in [0.15, 0.2) is 251 Å². The van der Waals surface area contributed by atoms with Crippen molar-refractivity contribution in [1.82, 2.24) is 29.9 Å². The van der Waals surface area contributed by atoms with E-state index in [4.69, 9.17) is 13.3 Å². The van der Waals surface area contributed by atoms with Crippen LogP contribution in [-0.2, 0) is 20.1 Å². The number of hydrogen-bond donors (Lipinski definition) is 0. The normalized spacial score (nSPS) is 11.1. The summed E-state index contributed by atoms with van der Waals surface area (Å²) >= 11 is 0. The van der Waals surface area contributed by atoms with E-state index in [0.717, 1.165) is 133 Å². The molecule has 0 saturated carbocycles. The van der Waals surface area contributed by atoms with Crippen molar-refractivity contribution in [3.8, 4) is 67.2 Å². The van der Waals surface area contributed by atoms with E-state index in [9.17, 15) is 0 Å². The molecule has 0 spiro atoms. The summed E-state index contributed by atoms with van der Waals surface area (Å²) in [7, 11) is 0. The Morgan fingerprint density at radius 2 is 0.553 bits per heavy atom. The molecule has 9 heterocycles. The first kappa shape index (κ1) is 47.3. The molecule has 6 aromatic carbocycles. The molecular formula is C66H39IrN6O3. The first-order chi connectivity index (χ1) is 37.2. The Morgan fingerprint density at radius 1 is 0.276 bits per heavy atom. The van der Waals surface area contributed by atoms with E-state index in [-0.39, 0.29) is 20.1 Å². The van der Waals surface area contributed by atoms with Crippen molar-refractivity contribution < 1.29 is 33.4 Å². The minimum atomic E-state index is 0. The SMILES string of the molecule is [Ir+3].[c-]1ccc2c(oc3ccccc32)c1-c1cc(-c2ccncc2)ccn1.[c-]1ccc2c(oc3ccccc32)c1-c1cc(-c2ccncc2)ccn1.[c-]1ccc2c(oc3ccccc32)c1-c1cc(-c2ccncc2)ccn1. The van der Waals surface area contributed by atoms with Crippen LogP contribution in [0.5, 0.6) is 0 Å². The molecule has 0 aliphatic heterocycles.